The van der Waals surface area contributed by atoms with E-state index in [0.717, 1.165) is 6.42 Å². The van der Waals surface area contributed by atoms with E-state index in [4.69, 9.17) is 0 Å². The number of carboxylic acid groups (broad SMARTS) is 1. The number of nitrogens with one attached hydrogen (secondary N) is 1. The van der Waals surface area contributed by atoms with E-state index >= 15 is 0 Å². The van der Waals surface area contributed by atoms with Gasteiger partial charge in [0.25, 0.3) is 0 Å². The topological polar surface area (TPSA) is 97.1 Å². The first-order chi connectivity index (χ1) is 9.97. The molecule has 0 radical (unpaired) electrons. The van der Waals surface area contributed by atoms with Crippen LogP contribution in [0.5, 0.6) is 0 Å². The van der Waals surface area contributed by atoms with Gasteiger partial charge in [-0.15, -0.1) is 5.10 Å². The molecule has 1 aromatic heterocycles. The lowest BCUT2D eigenvalue weighted by Gasteiger charge is -2.20. The summed E-state index contributed by atoms with van der Waals surface area (Å²) in [7, 11) is 0. The fraction of sp³-hybridized carbons (Fsp3) is 0.714. The van der Waals surface area contributed by atoms with E-state index in [2.05, 4.69) is 29.5 Å². The zero-order valence-electron chi connectivity index (χ0n) is 12.4. The van der Waals surface area contributed by atoms with Crippen molar-refractivity contribution in [1.29, 1.82) is 0 Å². The van der Waals surface area contributed by atoms with Crippen molar-refractivity contribution in [2.24, 2.45) is 11.8 Å². The Kier molecular flexibility index (Phi) is 4.93. The van der Waals surface area contributed by atoms with E-state index in [-0.39, 0.29) is 18.0 Å². The summed E-state index contributed by atoms with van der Waals surface area (Å²) < 4.78 is 1.65. The van der Waals surface area contributed by atoms with E-state index in [0.29, 0.717) is 25.2 Å². The number of amides is 1. The molecule has 116 valence electrons. The molecule has 0 spiro atoms. The lowest BCUT2D eigenvalue weighted by molar-refractivity contribution is -0.141. The number of aromatic nitrogens is 3. The second-order valence-corrected chi connectivity index (χ2v) is 6.06. The maximum absolute atomic E-state index is 12.0. The molecule has 2 N–H and O–H groups in total. The van der Waals surface area contributed by atoms with Crippen molar-refractivity contribution in [3.05, 3.63) is 12.4 Å². The molecule has 1 saturated carbocycles. The zero-order valence-corrected chi connectivity index (χ0v) is 12.4. The first-order valence-electron chi connectivity index (χ1n) is 7.35. The number of carboxylic acids is 1. The highest BCUT2D eigenvalue weighted by Gasteiger charge is 2.40. The van der Waals surface area contributed by atoms with Gasteiger partial charge in [0.1, 0.15) is 0 Å². The lowest BCUT2D eigenvalue weighted by atomic mass is 10.1. The molecule has 1 heterocycles. The van der Waals surface area contributed by atoms with Crippen molar-refractivity contribution < 1.29 is 14.7 Å². The van der Waals surface area contributed by atoms with Gasteiger partial charge >= 0.3 is 5.97 Å². The van der Waals surface area contributed by atoms with Crippen molar-refractivity contribution in [2.45, 2.75) is 51.6 Å². The summed E-state index contributed by atoms with van der Waals surface area (Å²) in [6, 6.07) is -0.343. The van der Waals surface area contributed by atoms with E-state index < -0.39 is 11.9 Å². The Morgan fingerprint density at radius 1 is 1.43 bits per heavy atom. The molecule has 0 aromatic carbocycles. The van der Waals surface area contributed by atoms with E-state index in [1.807, 2.05) is 0 Å². The Morgan fingerprint density at radius 2 is 2.19 bits per heavy atom. The van der Waals surface area contributed by atoms with Crippen molar-refractivity contribution in [3.8, 4) is 0 Å². The third-order valence-corrected chi connectivity index (χ3v) is 3.95. The molecule has 1 fully saturated rings. The standard InChI is InChI=1S/C14H22N4O3/c1-9(2)3-4-13(19)16-11-7-10(14(20)21)8-12(11)18-6-5-15-17-18/h5-6,9-12H,3-4,7-8H2,1-2H3,(H,16,19)(H,20,21)/t10?,11-,12+/m1/s1. The second kappa shape index (κ2) is 6.69. The average Bonchev–Trinajstić information content (AvgIpc) is 3.04. The van der Waals surface area contributed by atoms with Crippen LogP contribution in [0.3, 0.4) is 0 Å². The fourth-order valence-electron chi connectivity index (χ4n) is 2.76. The average molecular weight is 294 g/mol. The van der Waals surface area contributed by atoms with Crippen LogP contribution in [0.25, 0.3) is 0 Å². The number of rotatable bonds is 6. The van der Waals surface area contributed by atoms with Gasteiger partial charge < -0.3 is 10.4 Å². The Labute approximate surface area is 123 Å². The summed E-state index contributed by atoms with van der Waals surface area (Å²) in [6.45, 7) is 4.14. The molecule has 0 saturated heterocycles. The first kappa shape index (κ1) is 15.5. The third-order valence-electron chi connectivity index (χ3n) is 3.95. The molecule has 1 aliphatic carbocycles. The summed E-state index contributed by atoms with van der Waals surface area (Å²) in [6.07, 6.45) is 5.47. The van der Waals surface area contributed by atoms with Crippen molar-refractivity contribution >= 4 is 11.9 Å². The van der Waals surface area contributed by atoms with Gasteiger partial charge in [0.2, 0.25) is 5.91 Å². The third kappa shape index (κ3) is 4.03. The number of carbonyl (C=O) groups is 2. The Bertz CT molecular complexity index is 486. The number of carbonyl (C=O) groups excluding carboxylic acids is 1. The molecule has 1 amide bonds. The van der Waals surface area contributed by atoms with E-state index in [9.17, 15) is 14.7 Å². The van der Waals surface area contributed by atoms with Gasteiger partial charge in [-0.2, -0.15) is 0 Å². The molecule has 0 bridgehead atoms. The van der Waals surface area contributed by atoms with Crippen LogP contribution in [0.2, 0.25) is 0 Å². The normalized spacial score (nSPS) is 25.2. The monoisotopic (exact) mass is 294 g/mol. The van der Waals surface area contributed by atoms with Gasteiger partial charge in [-0.1, -0.05) is 19.1 Å². The number of aliphatic carboxylic acids is 1. The second-order valence-electron chi connectivity index (χ2n) is 6.06. The highest BCUT2D eigenvalue weighted by molar-refractivity contribution is 5.77. The number of hydrogen-bond acceptors (Lipinski definition) is 4. The van der Waals surface area contributed by atoms with Gasteiger partial charge in [0, 0.05) is 12.6 Å². The van der Waals surface area contributed by atoms with Crippen LogP contribution in [0.15, 0.2) is 12.4 Å². The minimum atomic E-state index is -0.820. The van der Waals surface area contributed by atoms with Crippen molar-refractivity contribution in [3.63, 3.8) is 0 Å². The molecule has 0 aliphatic heterocycles. The Morgan fingerprint density at radius 3 is 2.76 bits per heavy atom. The van der Waals surface area contributed by atoms with Gasteiger partial charge in [-0.3, -0.25) is 9.59 Å². The molecule has 1 aromatic rings. The Hall–Kier alpha value is -1.92. The van der Waals surface area contributed by atoms with Gasteiger partial charge in [0.15, 0.2) is 0 Å². The smallest absolute Gasteiger partial charge is 0.306 e. The predicted molar refractivity (Wildman–Crippen MR) is 75.4 cm³/mol. The zero-order chi connectivity index (χ0) is 15.4. The number of nitrogens with zero attached hydrogens (tertiary/aromatic N) is 3. The van der Waals surface area contributed by atoms with E-state index in [1.54, 1.807) is 17.1 Å². The minimum Gasteiger partial charge on any atom is -0.481 e. The molecular formula is C14H22N4O3. The summed E-state index contributed by atoms with van der Waals surface area (Å²) in [4.78, 5) is 23.2. The van der Waals surface area contributed by atoms with Crippen LogP contribution in [-0.2, 0) is 9.59 Å². The molecule has 3 atom stereocenters. The van der Waals surface area contributed by atoms with Crippen LogP contribution < -0.4 is 5.32 Å². The molecule has 7 nitrogen and oxygen atoms in total. The van der Waals surface area contributed by atoms with Gasteiger partial charge in [-0.25, -0.2) is 4.68 Å². The maximum Gasteiger partial charge on any atom is 0.306 e. The SMILES string of the molecule is CC(C)CCC(=O)N[C@@H]1CC(C(=O)O)C[C@@H]1n1ccnn1. The maximum atomic E-state index is 12.0. The quantitative estimate of drug-likeness (QED) is 0.822. The van der Waals surface area contributed by atoms with Crippen LogP contribution >= 0.6 is 0 Å². The lowest BCUT2D eigenvalue weighted by Crippen LogP contribution is -2.38. The van der Waals surface area contributed by atoms with Crippen LogP contribution in [0.4, 0.5) is 0 Å². The molecular weight excluding hydrogens is 272 g/mol. The molecule has 1 unspecified atom stereocenters. The van der Waals surface area contributed by atoms with Crippen LogP contribution in [0, 0.1) is 11.8 Å². The van der Waals surface area contributed by atoms with Crippen molar-refractivity contribution in [2.75, 3.05) is 0 Å². The molecule has 7 heteroatoms. The summed E-state index contributed by atoms with van der Waals surface area (Å²) in [5.41, 5.74) is 0. The van der Waals surface area contributed by atoms with Crippen molar-refractivity contribution in [1.82, 2.24) is 20.3 Å². The summed E-state index contributed by atoms with van der Waals surface area (Å²) in [5.74, 6) is -0.823. The fourth-order valence-corrected chi connectivity index (χ4v) is 2.76. The van der Waals surface area contributed by atoms with Gasteiger partial charge in [-0.05, 0) is 25.2 Å². The summed E-state index contributed by atoms with van der Waals surface area (Å²) >= 11 is 0. The highest BCUT2D eigenvalue weighted by atomic mass is 16.4. The predicted octanol–water partition coefficient (Wildman–Crippen LogP) is 1.23. The minimum absolute atomic E-state index is 0.0233. The summed E-state index contributed by atoms with van der Waals surface area (Å²) in [5, 5.41) is 19.9. The largest absolute Gasteiger partial charge is 0.481 e. The molecule has 1 aliphatic rings. The highest BCUT2D eigenvalue weighted by Crippen LogP contribution is 2.34. The Balaban J connectivity index is 2.01. The van der Waals surface area contributed by atoms with Crippen LogP contribution in [0.1, 0.15) is 45.6 Å². The van der Waals surface area contributed by atoms with Gasteiger partial charge in [0.05, 0.1) is 24.2 Å². The number of hydrogen-bond donors (Lipinski definition) is 2. The van der Waals surface area contributed by atoms with E-state index in [1.165, 1.54) is 0 Å². The molecule has 21 heavy (non-hydrogen) atoms. The molecule has 2 rings (SSSR count). The first-order valence-corrected chi connectivity index (χ1v) is 7.35. The van der Waals surface area contributed by atoms with Crippen LogP contribution in [-0.4, -0.2) is 38.0 Å².